The van der Waals surface area contributed by atoms with Crippen LogP contribution < -0.4 is 4.74 Å². The van der Waals surface area contributed by atoms with E-state index in [1.165, 1.54) is 25.7 Å². The number of ether oxygens (including phenoxy) is 1. The number of carbonyl (C=O) groups is 1. The summed E-state index contributed by atoms with van der Waals surface area (Å²) in [5.74, 6) is 1.66. The van der Waals surface area contributed by atoms with Crippen LogP contribution in [0.2, 0.25) is 0 Å². The maximum atomic E-state index is 12.2. The molecule has 0 bridgehead atoms. The van der Waals surface area contributed by atoms with Gasteiger partial charge in [-0.15, -0.1) is 0 Å². The standard InChI is InChI=1S/C15H20O2S/c1-11-9-12(17-2)7-8-14(11)15(16)10-18-13-5-3-4-6-13/h7-9,13H,3-6,10H2,1-2H3. The van der Waals surface area contributed by atoms with E-state index in [0.29, 0.717) is 11.0 Å². The summed E-state index contributed by atoms with van der Waals surface area (Å²) < 4.78 is 5.15. The summed E-state index contributed by atoms with van der Waals surface area (Å²) >= 11 is 1.82. The van der Waals surface area contributed by atoms with E-state index in [1.54, 1.807) is 7.11 Å². The van der Waals surface area contributed by atoms with Gasteiger partial charge in [0.05, 0.1) is 12.9 Å². The number of carbonyl (C=O) groups excluding carboxylic acids is 1. The molecule has 3 heteroatoms. The minimum absolute atomic E-state index is 0.243. The van der Waals surface area contributed by atoms with Crippen molar-refractivity contribution in [3.05, 3.63) is 29.3 Å². The fourth-order valence-corrected chi connectivity index (χ4v) is 3.61. The lowest BCUT2D eigenvalue weighted by molar-refractivity contribution is 0.102. The van der Waals surface area contributed by atoms with Gasteiger partial charge >= 0.3 is 0 Å². The molecule has 0 spiro atoms. The van der Waals surface area contributed by atoms with E-state index < -0.39 is 0 Å². The molecule has 0 atom stereocenters. The summed E-state index contributed by atoms with van der Waals surface area (Å²) in [6.07, 6.45) is 5.21. The van der Waals surface area contributed by atoms with Gasteiger partial charge in [0.2, 0.25) is 0 Å². The minimum Gasteiger partial charge on any atom is -0.497 e. The zero-order valence-corrected chi connectivity index (χ0v) is 11.9. The molecule has 0 N–H and O–H groups in total. The topological polar surface area (TPSA) is 26.3 Å². The highest BCUT2D eigenvalue weighted by Gasteiger charge is 2.18. The van der Waals surface area contributed by atoms with Crippen molar-refractivity contribution < 1.29 is 9.53 Å². The first kappa shape index (κ1) is 13.5. The quantitative estimate of drug-likeness (QED) is 0.755. The number of ketones is 1. The van der Waals surface area contributed by atoms with Crippen LogP contribution in [0.4, 0.5) is 0 Å². The van der Waals surface area contributed by atoms with Crippen molar-refractivity contribution >= 4 is 17.5 Å². The third-order valence-corrected chi connectivity index (χ3v) is 4.86. The number of Topliss-reactive ketones (excluding diaryl/α,β-unsaturated/α-hetero) is 1. The van der Waals surface area contributed by atoms with E-state index in [-0.39, 0.29) is 5.78 Å². The molecule has 1 saturated carbocycles. The van der Waals surface area contributed by atoms with Crippen LogP contribution in [0.1, 0.15) is 41.6 Å². The van der Waals surface area contributed by atoms with Crippen molar-refractivity contribution in [3.8, 4) is 5.75 Å². The summed E-state index contributed by atoms with van der Waals surface area (Å²) in [6.45, 7) is 1.97. The second-order valence-corrected chi connectivity index (χ2v) is 6.11. The Morgan fingerprint density at radius 2 is 2.11 bits per heavy atom. The Kier molecular flexibility index (Phi) is 4.70. The molecule has 0 radical (unpaired) electrons. The number of aryl methyl sites for hydroxylation is 1. The van der Waals surface area contributed by atoms with Gasteiger partial charge in [-0.3, -0.25) is 4.79 Å². The fraction of sp³-hybridized carbons (Fsp3) is 0.533. The van der Waals surface area contributed by atoms with E-state index in [2.05, 4.69) is 0 Å². The van der Waals surface area contributed by atoms with Crippen molar-refractivity contribution in [1.29, 1.82) is 0 Å². The van der Waals surface area contributed by atoms with Crippen LogP contribution in [0.5, 0.6) is 5.75 Å². The van der Waals surface area contributed by atoms with Crippen LogP contribution in [-0.2, 0) is 0 Å². The molecule has 1 aliphatic carbocycles. The number of thioether (sulfide) groups is 1. The van der Waals surface area contributed by atoms with Gasteiger partial charge in [0, 0.05) is 10.8 Å². The van der Waals surface area contributed by atoms with Crippen molar-refractivity contribution in [2.24, 2.45) is 0 Å². The molecule has 1 aromatic carbocycles. The Bertz CT molecular complexity index is 423. The van der Waals surface area contributed by atoms with Crippen molar-refractivity contribution in [3.63, 3.8) is 0 Å². The molecule has 0 unspecified atom stereocenters. The second kappa shape index (κ2) is 6.28. The third kappa shape index (κ3) is 3.29. The zero-order chi connectivity index (χ0) is 13.0. The van der Waals surface area contributed by atoms with Gasteiger partial charge in [0.15, 0.2) is 5.78 Å². The lowest BCUT2D eigenvalue weighted by atomic mass is 10.1. The van der Waals surface area contributed by atoms with Crippen molar-refractivity contribution in [1.82, 2.24) is 0 Å². The molecule has 98 valence electrons. The molecule has 1 fully saturated rings. The van der Waals surface area contributed by atoms with Crippen LogP contribution >= 0.6 is 11.8 Å². The number of hydrogen-bond donors (Lipinski definition) is 0. The molecule has 0 saturated heterocycles. The average Bonchev–Trinajstić information content (AvgIpc) is 2.88. The normalized spacial score (nSPS) is 15.9. The predicted octanol–water partition coefficient (Wildman–Crippen LogP) is 3.86. The van der Waals surface area contributed by atoms with Crippen LogP contribution in [-0.4, -0.2) is 23.9 Å². The molecule has 1 aliphatic rings. The molecular weight excluding hydrogens is 244 g/mol. The largest absolute Gasteiger partial charge is 0.497 e. The van der Waals surface area contributed by atoms with E-state index in [4.69, 9.17) is 4.74 Å². The van der Waals surface area contributed by atoms with Gasteiger partial charge in [-0.05, 0) is 43.5 Å². The SMILES string of the molecule is COc1ccc(C(=O)CSC2CCCC2)c(C)c1. The number of methoxy groups -OCH3 is 1. The minimum atomic E-state index is 0.243. The molecule has 1 aromatic rings. The van der Waals surface area contributed by atoms with Crippen molar-refractivity contribution in [2.75, 3.05) is 12.9 Å². The maximum Gasteiger partial charge on any atom is 0.172 e. The smallest absolute Gasteiger partial charge is 0.172 e. The first-order valence-electron chi connectivity index (χ1n) is 6.50. The van der Waals surface area contributed by atoms with Gasteiger partial charge in [-0.1, -0.05) is 12.8 Å². The first-order valence-corrected chi connectivity index (χ1v) is 7.55. The molecule has 2 nitrogen and oxygen atoms in total. The Morgan fingerprint density at radius 3 is 2.72 bits per heavy atom. The summed E-state index contributed by atoms with van der Waals surface area (Å²) in [7, 11) is 1.65. The summed E-state index contributed by atoms with van der Waals surface area (Å²) in [4.78, 5) is 12.2. The van der Waals surface area contributed by atoms with E-state index in [0.717, 1.165) is 16.9 Å². The Balaban J connectivity index is 1.95. The van der Waals surface area contributed by atoms with E-state index in [9.17, 15) is 4.79 Å². The Labute approximate surface area is 113 Å². The van der Waals surface area contributed by atoms with Gasteiger partial charge in [-0.2, -0.15) is 11.8 Å². The molecule has 18 heavy (non-hydrogen) atoms. The summed E-state index contributed by atoms with van der Waals surface area (Å²) in [5, 5.41) is 0.701. The number of benzene rings is 1. The molecule has 0 heterocycles. The Morgan fingerprint density at radius 1 is 1.39 bits per heavy atom. The molecule has 0 aliphatic heterocycles. The summed E-state index contributed by atoms with van der Waals surface area (Å²) in [5.41, 5.74) is 1.84. The van der Waals surface area contributed by atoms with Crippen LogP contribution in [0.15, 0.2) is 18.2 Å². The highest BCUT2D eigenvalue weighted by Crippen LogP contribution is 2.30. The van der Waals surface area contributed by atoms with Gasteiger partial charge in [0.1, 0.15) is 5.75 Å². The lowest BCUT2D eigenvalue weighted by Crippen LogP contribution is -2.08. The fourth-order valence-electron chi connectivity index (χ4n) is 2.40. The number of rotatable bonds is 5. The first-order chi connectivity index (χ1) is 8.70. The third-order valence-electron chi connectivity index (χ3n) is 3.49. The van der Waals surface area contributed by atoms with Gasteiger partial charge in [0.25, 0.3) is 0 Å². The maximum absolute atomic E-state index is 12.2. The Hall–Kier alpha value is -0.960. The van der Waals surface area contributed by atoms with Gasteiger partial charge < -0.3 is 4.74 Å². The zero-order valence-electron chi connectivity index (χ0n) is 11.1. The van der Waals surface area contributed by atoms with E-state index >= 15 is 0 Å². The molecule has 0 aromatic heterocycles. The lowest BCUT2D eigenvalue weighted by Gasteiger charge is -2.10. The number of hydrogen-bond acceptors (Lipinski definition) is 3. The molecule has 0 amide bonds. The average molecular weight is 264 g/mol. The monoisotopic (exact) mass is 264 g/mol. The second-order valence-electron chi connectivity index (χ2n) is 4.82. The van der Waals surface area contributed by atoms with Crippen LogP contribution in [0, 0.1) is 6.92 Å². The van der Waals surface area contributed by atoms with Gasteiger partial charge in [-0.25, -0.2) is 0 Å². The van der Waals surface area contributed by atoms with Crippen LogP contribution in [0.25, 0.3) is 0 Å². The van der Waals surface area contributed by atoms with Crippen LogP contribution in [0.3, 0.4) is 0 Å². The van der Waals surface area contributed by atoms with E-state index in [1.807, 2.05) is 36.9 Å². The van der Waals surface area contributed by atoms with Crippen molar-refractivity contribution in [2.45, 2.75) is 37.9 Å². The highest BCUT2D eigenvalue weighted by molar-refractivity contribution is 8.00. The molecule has 2 rings (SSSR count). The summed E-state index contributed by atoms with van der Waals surface area (Å²) in [6, 6.07) is 5.67. The highest BCUT2D eigenvalue weighted by atomic mass is 32.2. The predicted molar refractivity (Wildman–Crippen MR) is 76.8 cm³/mol. The molecular formula is C15H20O2S.